The molecule has 1 nitrogen and oxygen atoms in total. The number of thiol groups is 1. The summed E-state index contributed by atoms with van der Waals surface area (Å²) in [6.45, 7) is 5.47. The van der Waals surface area contributed by atoms with Crippen LogP contribution in [0.1, 0.15) is 33.1 Å². The summed E-state index contributed by atoms with van der Waals surface area (Å²) in [6, 6.07) is 0. The maximum atomic E-state index is 5.23. The van der Waals surface area contributed by atoms with Crippen molar-refractivity contribution < 1.29 is 4.74 Å². The van der Waals surface area contributed by atoms with Gasteiger partial charge in [0.05, 0.1) is 6.61 Å². The van der Waals surface area contributed by atoms with E-state index in [1.807, 2.05) is 0 Å². The smallest absolute Gasteiger partial charge is 0.216 e. The third-order valence-corrected chi connectivity index (χ3v) is 4.45. The Morgan fingerprint density at radius 2 is 2.40 bits per heavy atom. The summed E-state index contributed by atoms with van der Waals surface area (Å²) in [6.07, 6.45) is 6.06. The van der Waals surface area contributed by atoms with Crippen molar-refractivity contribution in [3.63, 3.8) is 0 Å². The minimum atomic E-state index is 0.358. The second kappa shape index (κ2) is 4.10. The normalized spacial score (nSPS) is 31.5. The Bertz CT molecular complexity index is 307. The van der Waals surface area contributed by atoms with Gasteiger partial charge in [-0.2, -0.15) is 0 Å². The molecule has 0 amide bonds. The molecule has 0 unspecified atom stereocenters. The van der Waals surface area contributed by atoms with Gasteiger partial charge in [0.15, 0.2) is 0 Å². The Hall–Kier alpha value is -0.0200. The molecule has 0 heterocycles. The molecule has 3 aliphatic rings. The summed E-state index contributed by atoms with van der Waals surface area (Å²) in [4.78, 5) is 0. The zero-order valence-corrected chi connectivity index (χ0v) is 11.0. The van der Waals surface area contributed by atoms with E-state index in [1.165, 1.54) is 12.8 Å². The Labute approximate surface area is 103 Å². The van der Waals surface area contributed by atoms with Gasteiger partial charge in [-0.25, -0.2) is 0 Å². The van der Waals surface area contributed by atoms with Crippen molar-refractivity contribution in [3.05, 3.63) is 11.6 Å². The van der Waals surface area contributed by atoms with E-state index in [0.717, 1.165) is 18.3 Å². The molecular formula is C12H18OS2. The van der Waals surface area contributed by atoms with Gasteiger partial charge >= 0.3 is 0 Å². The summed E-state index contributed by atoms with van der Waals surface area (Å²) in [5.74, 6) is 1.70. The minimum absolute atomic E-state index is 0.358. The number of rotatable bonds is 3. The third kappa shape index (κ3) is 2.09. The molecule has 0 radical (unpaired) electrons. The fraction of sp³-hybridized carbons (Fsp3) is 0.750. The maximum Gasteiger partial charge on any atom is 0.216 e. The van der Waals surface area contributed by atoms with Crippen LogP contribution < -0.4 is 0 Å². The molecule has 2 bridgehead atoms. The lowest BCUT2D eigenvalue weighted by atomic mass is 9.48. The van der Waals surface area contributed by atoms with Crippen molar-refractivity contribution in [1.29, 1.82) is 0 Å². The first-order valence-electron chi connectivity index (χ1n) is 5.56. The molecule has 0 spiro atoms. The average Bonchev–Trinajstić information content (AvgIpc) is 2.17. The number of fused-ring (bicyclic) bond motifs is 1. The molecular weight excluding hydrogens is 224 g/mol. The molecule has 0 aliphatic heterocycles. The van der Waals surface area contributed by atoms with Crippen LogP contribution in [0.25, 0.3) is 0 Å². The molecule has 1 fully saturated rings. The molecule has 0 N–H and O–H groups in total. The van der Waals surface area contributed by atoms with Crippen LogP contribution in [0, 0.1) is 17.3 Å². The summed E-state index contributed by atoms with van der Waals surface area (Å²) in [5, 5.41) is 0. The molecule has 84 valence electrons. The van der Waals surface area contributed by atoms with Crippen LogP contribution in [0.3, 0.4) is 0 Å². The number of thiocarbonyl (C=S) groups is 1. The lowest BCUT2D eigenvalue weighted by Gasteiger charge is -2.56. The quantitative estimate of drug-likeness (QED) is 0.460. The number of ether oxygens (including phenoxy) is 1. The second-order valence-corrected chi connectivity index (χ2v) is 6.27. The maximum absolute atomic E-state index is 5.23. The SMILES string of the molecule is CC1(C)[C@H]2CC=C(CCOC(=S)S)[C@H]1C2. The van der Waals surface area contributed by atoms with E-state index in [1.54, 1.807) is 5.57 Å². The third-order valence-electron chi connectivity index (χ3n) is 4.20. The fourth-order valence-electron chi connectivity index (χ4n) is 3.01. The molecule has 0 aromatic rings. The van der Waals surface area contributed by atoms with Gasteiger partial charge in [-0.3, -0.25) is 0 Å². The van der Waals surface area contributed by atoms with Crippen LogP contribution in [-0.4, -0.2) is 11.0 Å². The number of hydrogen-bond donors (Lipinski definition) is 1. The topological polar surface area (TPSA) is 9.23 Å². The van der Waals surface area contributed by atoms with Crippen LogP contribution in [0.2, 0.25) is 0 Å². The van der Waals surface area contributed by atoms with Crippen molar-refractivity contribution in [2.75, 3.05) is 6.61 Å². The Kier molecular flexibility index (Phi) is 3.13. The van der Waals surface area contributed by atoms with Crippen LogP contribution in [-0.2, 0) is 4.74 Å². The first kappa shape index (κ1) is 11.5. The molecule has 0 aromatic heterocycles. The predicted octanol–water partition coefficient (Wildman–Crippen LogP) is 3.60. The largest absolute Gasteiger partial charge is 0.478 e. The van der Waals surface area contributed by atoms with E-state index in [2.05, 4.69) is 32.6 Å². The Morgan fingerprint density at radius 1 is 1.67 bits per heavy atom. The molecule has 3 aliphatic carbocycles. The molecule has 3 heteroatoms. The van der Waals surface area contributed by atoms with Crippen LogP contribution in [0.5, 0.6) is 0 Å². The van der Waals surface area contributed by atoms with Crippen molar-refractivity contribution in [1.82, 2.24) is 0 Å². The summed E-state index contributed by atoms with van der Waals surface area (Å²) in [5.41, 5.74) is 2.10. The van der Waals surface area contributed by atoms with Gasteiger partial charge in [0.2, 0.25) is 4.38 Å². The lowest BCUT2D eigenvalue weighted by molar-refractivity contribution is -0.00922. The zero-order valence-electron chi connectivity index (χ0n) is 9.32. The lowest BCUT2D eigenvalue weighted by Crippen LogP contribution is -2.48. The zero-order chi connectivity index (χ0) is 11.1. The highest BCUT2D eigenvalue weighted by molar-refractivity contribution is 8.10. The molecule has 3 rings (SSSR count). The first-order valence-corrected chi connectivity index (χ1v) is 6.42. The van der Waals surface area contributed by atoms with Gasteiger partial charge in [0, 0.05) is 6.42 Å². The fourth-order valence-corrected chi connectivity index (χ4v) is 3.19. The highest BCUT2D eigenvalue weighted by Gasteiger charge is 2.50. The number of hydrogen-bond acceptors (Lipinski definition) is 2. The van der Waals surface area contributed by atoms with E-state index in [9.17, 15) is 0 Å². The molecule has 0 aromatic carbocycles. The molecule has 0 saturated heterocycles. The Balaban J connectivity index is 1.88. The molecule has 15 heavy (non-hydrogen) atoms. The van der Waals surface area contributed by atoms with Gasteiger partial charge in [0.1, 0.15) is 0 Å². The highest BCUT2D eigenvalue weighted by atomic mass is 32.1. The minimum Gasteiger partial charge on any atom is -0.478 e. The van der Waals surface area contributed by atoms with Crippen molar-refractivity contribution >= 4 is 29.2 Å². The van der Waals surface area contributed by atoms with Crippen LogP contribution in [0.4, 0.5) is 0 Å². The second-order valence-electron chi connectivity index (χ2n) is 5.19. The van der Waals surface area contributed by atoms with E-state index < -0.39 is 0 Å². The summed E-state index contributed by atoms with van der Waals surface area (Å²) in [7, 11) is 0. The summed E-state index contributed by atoms with van der Waals surface area (Å²) >= 11 is 8.72. The average molecular weight is 242 g/mol. The van der Waals surface area contributed by atoms with Crippen LogP contribution in [0.15, 0.2) is 11.6 Å². The van der Waals surface area contributed by atoms with Crippen molar-refractivity contribution in [3.8, 4) is 0 Å². The van der Waals surface area contributed by atoms with E-state index in [-0.39, 0.29) is 0 Å². The molecule has 1 saturated carbocycles. The van der Waals surface area contributed by atoms with Gasteiger partial charge < -0.3 is 4.74 Å². The van der Waals surface area contributed by atoms with Crippen molar-refractivity contribution in [2.45, 2.75) is 33.1 Å². The van der Waals surface area contributed by atoms with Crippen molar-refractivity contribution in [2.24, 2.45) is 17.3 Å². The standard InChI is InChI=1S/C12H18OS2/c1-12(2)9-4-3-8(10(12)7-9)5-6-13-11(14)15/h3,9-10H,4-7H2,1-2H3,(H,14,15)/t9-,10+/m0/s1. The van der Waals surface area contributed by atoms with Crippen LogP contribution >= 0.6 is 24.8 Å². The van der Waals surface area contributed by atoms with Gasteiger partial charge in [0.25, 0.3) is 0 Å². The van der Waals surface area contributed by atoms with E-state index in [0.29, 0.717) is 16.4 Å². The monoisotopic (exact) mass is 242 g/mol. The van der Waals surface area contributed by atoms with E-state index >= 15 is 0 Å². The first-order chi connectivity index (χ1) is 7.01. The van der Waals surface area contributed by atoms with Gasteiger partial charge in [-0.1, -0.05) is 38.1 Å². The Morgan fingerprint density at radius 3 is 2.93 bits per heavy atom. The highest BCUT2D eigenvalue weighted by Crippen LogP contribution is 2.59. The van der Waals surface area contributed by atoms with Gasteiger partial charge in [-0.05, 0) is 42.3 Å². The number of allylic oxidation sites excluding steroid dienone is 1. The predicted molar refractivity (Wildman–Crippen MR) is 70.2 cm³/mol. The molecule has 2 atom stereocenters. The summed E-state index contributed by atoms with van der Waals surface area (Å²) < 4.78 is 5.59. The van der Waals surface area contributed by atoms with E-state index in [4.69, 9.17) is 17.0 Å². The van der Waals surface area contributed by atoms with Gasteiger partial charge in [-0.15, -0.1) is 0 Å².